The lowest BCUT2D eigenvalue weighted by Gasteiger charge is -2.08. The van der Waals surface area contributed by atoms with Crippen LogP contribution in [0.15, 0.2) is 52.9 Å². The number of rotatable bonds is 8. The molecule has 0 radical (unpaired) electrons. The van der Waals surface area contributed by atoms with E-state index in [2.05, 4.69) is 10.6 Å². The van der Waals surface area contributed by atoms with Crippen LogP contribution >= 0.6 is 0 Å². The van der Waals surface area contributed by atoms with E-state index in [0.29, 0.717) is 22.2 Å². The Morgan fingerprint density at radius 3 is 2.50 bits per heavy atom. The molecule has 9 heteroatoms. The van der Waals surface area contributed by atoms with Crippen LogP contribution in [0.25, 0.3) is 11.0 Å². The van der Waals surface area contributed by atoms with Crippen LogP contribution < -0.4 is 10.6 Å². The van der Waals surface area contributed by atoms with Gasteiger partial charge in [-0.05, 0) is 30.3 Å². The highest BCUT2D eigenvalue weighted by atomic mass is 19.1. The minimum atomic E-state index is -0.816. The quantitative estimate of drug-likeness (QED) is 0.549. The maximum Gasteiger partial charge on any atom is 0.375 e. The number of furan rings is 1. The van der Waals surface area contributed by atoms with Crippen LogP contribution in [-0.2, 0) is 25.7 Å². The van der Waals surface area contributed by atoms with E-state index in [4.69, 9.17) is 13.9 Å². The third-order valence-electron chi connectivity index (χ3n) is 4.08. The number of benzene rings is 2. The van der Waals surface area contributed by atoms with Crippen molar-refractivity contribution in [3.8, 4) is 0 Å². The highest BCUT2D eigenvalue weighted by molar-refractivity contribution is 5.97. The van der Waals surface area contributed by atoms with Crippen molar-refractivity contribution in [3.63, 3.8) is 0 Å². The summed E-state index contributed by atoms with van der Waals surface area (Å²) in [5, 5.41) is 5.54. The Morgan fingerprint density at radius 2 is 1.77 bits per heavy atom. The summed E-state index contributed by atoms with van der Waals surface area (Å²) in [5.74, 6) is -2.46. The van der Waals surface area contributed by atoms with Crippen molar-refractivity contribution in [1.29, 1.82) is 0 Å². The zero-order valence-electron chi connectivity index (χ0n) is 16.1. The summed E-state index contributed by atoms with van der Waals surface area (Å²) in [7, 11) is 1.49. The maximum absolute atomic E-state index is 12.9. The number of carbonyl (C=O) groups is 3. The third kappa shape index (κ3) is 5.21. The number of hydrogen-bond acceptors (Lipinski definition) is 6. The molecule has 1 aromatic heterocycles. The monoisotopic (exact) mass is 414 g/mol. The van der Waals surface area contributed by atoms with Gasteiger partial charge in [-0.15, -0.1) is 0 Å². The van der Waals surface area contributed by atoms with Crippen LogP contribution in [-0.4, -0.2) is 38.0 Å². The van der Waals surface area contributed by atoms with Gasteiger partial charge in [0, 0.05) is 23.7 Å². The average molecular weight is 414 g/mol. The number of ether oxygens (including phenoxy) is 2. The van der Waals surface area contributed by atoms with Crippen LogP contribution in [0.2, 0.25) is 0 Å². The molecular formula is C21H19FN2O6. The van der Waals surface area contributed by atoms with Gasteiger partial charge in [-0.25, -0.2) is 9.18 Å². The van der Waals surface area contributed by atoms with Gasteiger partial charge >= 0.3 is 5.97 Å². The number of anilines is 1. The molecule has 2 N–H and O–H groups in total. The predicted molar refractivity (Wildman–Crippen MR) is 105 cm³/mol. The highest BCUT2D eigenvalue weighted by Crippen LogP contribution is 2.27. The van der Waals surface area contributed by atoms with Crippen LogP contribution in [0, 0.1) is 5.82 Å². The lowest BCUT2D eigenvalue weighted by atomic mass is 10.1. The third-order valence-corrected chi connectivity index (χ3v) is 4.08. The van der Waals surface area contributed by atoms with Crippen LogP contribution in [0.1, 0.15) is 16.1 Å². The number of nitrogens with one attached hydrogen (secondary N) is 2. The first-order valence-corrected chi connectivity index (χ1v) is 8.96. The van der Waals surface area contributed by atoms with E-state index >= 15 is 0 Å². The summed E-state index contributed by atoms with van der Waals surface area (Å²) in [5.41, 5.74) is 1.41. The Bertz CT molecular complexity index is 1060. The summed E-state index contributed by atoms with van der Waals surface area (Å²) >= 11 is 0. The molecule has 30 heavy (non-hydrogen) atoms. The van der Waals surface area contributed by atoms with Gasteiger partial charge in [-0.3, -0.25) is 9.59 Å². The van der Waals surface area contributed by atoms with E-state index in [0.717, 1.165) is 0 Å². The second-order valence-corrected chi connectivity index (χ2v) is 6.25. The Kier molecular flexibility index (Phi) is 6.76. The smallest absolute Gasteiger partial charge is 0.375 e. The second kappa shape index (κ2) is 9.66. The summed E-state index contributed by atoms with van der Waals surface area (Å²) < 4.78 is 28.5. The van der Waals surface area contributed by atoms with Crippen molar-refractivity contribution in [2.24, 2.45) is 0 Å². The zero-order valence-corrected chi connectivity index (χ0v) is 16.1. The number of amides is 2. The Balaban J connectivity index is 1.51. The minimum absolute atomic E-state index is 0.0418. The molecule has 0 atom stereocenters. The Hall–Kier alpha value is -3.72. The van der Waals surface area contributed by atoms with Crippen molar-refractivity contribution < 1.29 is 32.7 Å². The van der Waals surface area contributed by atoms with E-state index < -0.39 is 30.2 Å². The standard InChI is InChI=1S/C21H19FN2O6/c1-28-11-16-15-4-2-3-5-17(15)30-20(16)21(27)29-12-19(26)23-10-18(25)24-14-8-6-13(22)7-9-14/h2-9H,10-12H2,1H3,(H,23,26)(H,24,25). The fraction of sp³-hybridized carbons (Fsp3) is 0.190. The summed E-state index contributed by atoms with van der Waals surface area (Å²) in [4.78, 5) is 36.1. The fourth-order valence-corrected chi connectivity index (χ4v) is 2.72. The molecule has 8 nitrogen and oxygen atoms in total. The molecule has 3 rings (SSSR count). The van der Waals surface area contributed by atoms with E-state index in [1.807, 2.05) is 0 Å². The van der Waals surface area contributed by atoms with E-state index in [9.17, 15) is 18.8 Å². The first-order valence-electron chi connectivity index (χ1n) is 8.96. The van der Waals surface area contributed by atoms with Crippen molar-refractivity contribution in [1.82, 2.24) is 5.32 Å². The molecule has 3 aromatic rings. The van der Waals surface area contributed by atoms with E-state index in [1.165, 1.54) is 31.4 Å². The van der Waals surface area contributed by atoms with E-state index in [-0.39, 0.29) is 18.9 Å². The number of methoxy groups -OCH3 is 1. The van der Waals surface area contributed by atoms with Crippen LogP contribution in [0.3, 0.4) is 0 Å². The molecule has 0 aliphatic carbocycles. The largest absolute Gasteiger partial charge is 0.450 e. The second-order valence-electron chi connectivity index (χ2n) is 6.25. The summed E-state index contributed by atoms with van der Waals surface area (Å²) in [6.07, 6.45) is 0. The number of halogens is 1. The summed E-state index contributed by atoms with van der Waals surface area (Å²) in [6.45, 7) is -0.795. The molecule has 0 fully saturated rings. The molecular weight excluding hydrogens is 395 g/mol. The molecule has 0 saturated heterocycles. The molecule has 1 heterocycles. The maximum atomic E-state index is 12.9. The molecule has 0 spiro atoms. The SMILES string of the molecule is COCc1c(C(=O)OCC(=O)NCC(=O)Nc2ccc(F)cc2)oc2ccccc12. The highest BCUT2D eigenvalue weighted by Gasteiger charge is 2.22. The van der Waals surface area contributed by atoms with Gasteiger partial charge < -0.3 is 24.5 Å². The summed E-state index contributed by atoms with van der Waals surface area (Å²) in [6, 6.07) is 12.2. The minimum Gasteiger partial charge on any atom is -0.450 e. The average Bonchev–Trinajstić information content (AvgIpc) is 3.11. The van der Waals surface area contributed by atoms with Gasteiger partial charge in [0.15, 0.2) is 6.61 Å². The number of fused-ring (bicyclic) bond motifs is 1. The van der Waals surface area contributed by atoms with Crippen LogP contribution in [0.5, 0.6) is 0 Å². The predicted octanol–water partition coefficient (Wildman–Crippen LogP) is 2.63. The first kappa shape index (κ1) is 21.0. The fourth-order valence-electron chi connectivity index (χ4n) is 2.72. The first-order chi connectivity index (χ1) is 14.5. The normalized spacial score (nSPS) is 10.6. The lowest BCUT2D eigenvalue weighted by Crippen LogP contribution is -2.35. The van der Waals surface area contributed by atoms with Gasteiger partial charge in [0.05, 0.1) is 13.2 Å². The molecule has 2 aromatic carbocycles. The molecule has 0 aliphatic heterocycles. The Morgan fingerprint density at radius 1 is 1.03 bits per heavy atom. The van der Waals surface area contributed by atoms with Crippen molar-refractivity contribution in [3.05, 3.63) is 65.7 Å². The molecule has 156 valence electrons. The van der Waals surface area contributed by atoms with Gasteiger partial charge in [0.1, 0.15) is 11.4 Å². The Labute approximate surface area is 170 Å². The lowest BCUT2D eigenvalue weighted by molar-refractivity contribution is -0.126. The molecule has 0 saturated carbocycles. The van der Waals surface area contributed by atoms with E-state index in [1.54, 1.807) is 24.3 Å². The van der Waals surface area contributed by atoms with Gasteiger partial charge in [-0.1, -0.05) is 18.2 Å². The van der Waals surface area contributed by atoms with Crippen LogP contribution in [0.4, 0.5) is 10.1 Å². The number of esters is 1. The zero-order chi connectivity index (χ0) is 21.5. The number of carbonyl (C=O) groups excluding carboxylic acids is 3. The molecule has 2 amide bonds. The molecule has 0 aliphatic rings. The van der Waals surface area contributed by atoms with Crippen molar-refractivity contribution in [2.75, 3.05) is 25.6 Å². The topological polar surface area (TPSA) is 107 Å². The van der Waals surface area contributed by atoms with Gasteiger partial charge in [0.25, 0.3) is 5.91 Å². The number of hydrogen-bond donors (Lipinski definition) is 2. The number of para-hydroxylation sites is 1. The van der Waals surface area contributed by atoms with Crippen molar-refractivity contribution in [2.45, 2.75) is 6.61 Å². The molecule has 0 unspecified atom stereocenters. The van der Waals surface area contributed by atoms with Gasteiger partial charge in [-0.2, -0.15) is 0 Å². The molecule has 0 bridgehead atoms. The van der Waals surface area contributed by atoms with Crippen molar-refractivity contribution >= 4 is 34.4 Å². The van der Waals surface area contributed by atoms with Gasteiger partial charge in [0.2, 0.25) is 11.7 Å².